The second-order valence-corrected chi connectivity index (χ2v) is 5.95. The lowest BCUT2D eigenvalue weighted by Gasteiger charge is -2.28. The molecule has 1 atom stereocenters. The van der Waals surface area contributed by atoms with Crippen molar-refractivity contribution in [2.45, 2.75) is 25.7 Å². The van der Waals surface area contributed by atoms with Crippen molar-refractivity contribution in [2.75, 3.05) is 53.5 Å². The van der Waals surface area contributed by atoms with E-state index in [0.29, 0.717) is 12.5 Å². The first-order valence-corrected chi connectivity index (χ1v) is 7.98. The van der Waals surface area contributed by atoms with Gasteiger partial charge >= 0.3 is 0 Å². The largest absolute Gasteiger partial charge is 0.381 e. The lowest BCUT2D eigenvalue weighted by atomic mass is 10.1. The maximum absolute atomic E-state index is 12.2. The van der Waals surface area contributed by atoms with Crippen LogP contribution in [-0.4, -0.2) is 75.2 Å². The number of nitrogens with one attached hydrogen (secondary N) is 1. The van der Waals surface area contributed by atoms with Crippen LogP contribution >= 0.6 is 24.0 Å². The number of aliphatic imine (C=N–C) groups is 1. The molecule has 22 heavy (non-hydrogen) atoms. The molecule has 2 aliphatic rings. The zero-order chi connectivity index (χ0) is 15.1. The van der Waals surface area contributed by atoms with Crippen molar-refractivity contribution in [3.8, 4) is 0 Å². The van der Waals surface area contributed by atoms with Crippen LogP contribution in [0.5, 0.6) is 0 Å². The van der Waals surface area contributed by atoms with Gasteiger partial charge in [-0.3, -0.25) is 9.79 Å². The van der Waals surface area contributed by atoms with Crippen molar-refractivity contribution in [3.63, 3.8) is 0 Å². The number of guanidine groups is 1. The summed E-state index contributed by atoms with van der Waals surface area (Å²) in [5.74, 6) is 1.52. The Labute approximate surface area is 150 Å². The van der Waals surface area contributed by atoms with Gasteiger partial charge < -0.3 is 19.9 Å². The number of carbonyl (C=O) groups is 1. The Morgan fingerprint density at radius 1 is 1.36 bits per heavy atom. The molecule has 2 fully saturated rings. The Morgan fingerprint density at radius 2 is 2.09 bits per heavy atom. The van der Waals surface area contributed by atoms with Crippen molar-refractivity contribution in [1.29, 1.82) is 0 Å². The first-order valence-electron chi connectivity index (χ1n) is 7.98. The van der Waals surface area contributed by atoms with E-state index in [9.17, 15) is 4.79 Å². The van der Waals surface area contributed by atoms with E-state index in [2.05, 4.69) is 15.2 Å². The summed E-state index contributed by atoms with van der Waals surface area (Å²) in [7, 11) is 3.77. The van der Waals surface area contributed by atoms with Crippen LogP contribution in [0.15, 0.2) is 4.99 Å². The number of hydrogen-bond donors (Lipinski definition) is 1. The van der Waals surface area contributed by atoms with Gasteiger partial charge in [-0.05, 0) is 25.7 Å². The second kappa shape index (κ2) is 10.3. The molecule has 1 N–H and O–H groups in total. The summed E-state index contributed by atoms with van der Waals surface area (Å²) in [4.78, 5) is 20.5. The van der Waals surface area contributed by atoms with Crippen molar-refractivity contribution in [1.82, 2.24) is 15.1 Å². The van der Waals surface area contributed by atoms with E-state index < -0.39 is 0 Å². The standard InChI is InChI=1S/C15H28N4O2.HI/c1-16-15(18(2)11-13-6-9-21-12-13)17-10-14(20)19-7-4-3-5-8-19;/h13H,3-12H2,1-2H3,(H,16,17);1H. The van der Waals surface area contributed by atoms with E-state index >= 15 is 0 Å². The predicted molar refractivity (Wildman–Crippen MR) is 98.8 cm³/mol. The van der Waals surface area contributed by atoms with Crippen LogP contribution in [0.3, 0.4) is 0 Å². The highest BCUT2D eigenvalue weighted by Gasteiger charge is 2.20. The van der Waals surface area contributed by atoms with Gasteiger partial charge in [0.15, 0.2) is 5.96 Å². The van der Waals surface area contributed by atoms with Gasteiger partial charge in [-0.2, -0.15) is 0 Å². The van der Waals surface area contributed by atoms with Gasteiger partial charge in [0.2, 0.25) is 5.91 Å². The molecule has 0 aromatic heterocycles. The molecule has 6 nitrogen and oxygen atoms in total. The molecule has 1 amide bonds. The number of halogens is 1. The van der Waals surface area contributed by atoms with E-state index in [0.717, 1.165) is 58.1 Å². The molecular formula is C15H29IN4O2. The van der Waals surface area contributed by atoms with Gasteiger partial charge in [0.1, 0.15) is 0 Å². The molecule has 2 aliphatic heterocycles. The topological polar surface area (TPSA) is 57.2 Å². The molecule has 2 rings (SSSR count). The van der Waals surface area contributed by atoms with Gasteiger partial charge in [-0.1, -0.05) is 0 Å². The average Bonchev–Trinajstić information content (AvgIpc) is 3.01. The molecule has 128 valence electrons. The predicted octanol–water partition coefficient (Wildman–Crippen LogP) is 1.16. The lowest BCUT2D eigenvalue weighted by molar-refractivity contribution is -0.130. The number of piperidine rings is 1. The molecule has 7 heteroatoms. The number of ether oxygens (including phenoxy) is 1. The third-order valence-electron chi connectivity index (χ3n) is 4.24. The first kappa shape index (κ1) is 19.5. The van der Waals surface area contributed by atoms with Crippen LogP contribution < -0.4 is 5.32 Å². The normalized spacial score (nSPS) is 22.2. The van der Waals surface area contributed by atoms with Crippen molar-refractivity contribution in [2.24, 2.45) is 10.9 Å². The number of rotatable bonds is 4. The number of nitrogens with zero attached hydrogens (tertiary/aromatic N) is 3. The van der Waals surface area contributed by atoms with E-state index in [4.69, 9.17) is 4.74 Å². The van der Waals surface area contributed by atoms with Crippen LogP contribution in [0.2, 0.25) is 0 Å². The molecule has 0 saturated carbocycles. The molecule has 2 heterocycles. The Balaban J connectivity index is 0.00000242. The van der Waals surface area contributed by atoms with Crippen molar-refractivity contribution < 1.29 is 9.53 Å². The minimum atomic E-state index is 0. The maximum Gasteiger partial charge on any atom is 0.241 e. The number of likely N-dealkylation sites (tertiary alicyclic amines) is 1. The van der Waals surface area contributed by atoms with Gasteiger partial charge in [-0.25, -0.2) is 0 Å². The lowest BCUT2D eigenvalue weighted by Crippen LogP contribution is -2.47. The Morgan fingerprint density at radius 3 is 2.68 bits per heavy atom. The minimum absolute atomic E-state index is 0. The fraction of sp³-hybridized carbons (Fsp3) is 0.867. The number of carbonyl (C=O) groups excluding carboxylic acids is 1. The smallest absolute Gasteiger partial charge is 0.241 e. The number of amides is 1. The summed E-state index contributed by atoms with van der Waals surface area (Å²) in [6.45, 7) is 4.73. The van der Waals surface area contributed by atoms with Gasteiger partial charge in [0.25, 0.3) is 0 Å². The Bertz CT molecular complexity index is 367. The molecular weight excluding hydrogens is 395 g/mol. The van der Waals surface area contributed by atoms with E-state index in [-0.39, 0.29) is 29.9 Å². The van der Waals surface area contributed by atoms with Gasteiger partial charge in [0.05, 0.1) is 13.2 Å². The van der Waals surface area contributed by atoms with Crippen LogP contribution in [0.4, 0.5) is 0 Å². The summed E-state index contributed by atoms with van der Waals surface area (Å²) in [6, 6.07) is 0. The molecule has 0 aromatic carbocycles. The molecule has 2 saturated heterocycles. The Hall–Kier alpha value is -0.570. The minimum Gasteiger partial charge on any atom is -0.381 e. The third kappa shape index (κ3) is 5.91. The molecule has 1 unspecified atom stereocenters. The van der Waals surface area contributed by atoms with Gasteiger partial charge in [0, 0.05) is 46.3 Å². The van der Waals surface area contributed by atoms with E-state index in [1.165, 1.54) is 6.42 Å². The molecule has 0 radical (unpaired) electrons. The summed E-state index contributed by atoms with van der Waals surface area (Å²) >= 11 is 0. The average molecular weight is 424 g/mol. The van der Waals surface area contributed by atoms with Crippen molar-refractivity contribution in [3.05, 3.63) is 0 Å². The highest BCUT2D eigenvalue weighted by molar-refractivity contribution is 14.0. The van der Waals surface area contributed by atoms with Gasteiger partial charge in [-0.15, -0.1) is 24.0 Å². The molecule has 0 bridgehead atoms. The van der Waals surface area contributed by atoms with Crippen LogP contribution in [0.1, 0.15) is 25.7 Å². The van der Waals surface area contributed by atoms with Crippen molar-refractivity contribution >= 4 is 35.8 Å². The number of hydrogen-bond acceptors (Lipinski definition) is 3. The summed E-state index contributed by atoms with van der Waals surface area (Å²) < 4.78 is 5.40. The summed E-state index contributed by atoms with van der Waals surface area (Å²) in [5, 5.41) is 3.18. The summed E-state index contributed by atoms with van der Waals surface area (Å²) in [5.41, 5.74) is 0. The fourth-order valence-electron chi connectivity index (χ4n) is 3.00. The van der Waals surface area contributed by atoms with E-state index in [1.54, 1.807) is 7.05 Å². The van der Waals surface area contributed by atoms with Crippen LogP contribution in [0.25, 0.3) is 0 Å². The highest BCUT2D eigenvalue weighted by Crippen LogP contribution is 2.13. The van der Waals surface area contributed by atoms with Crippen LogP contribution in [-0.2, 0) is 9.53 Å². The van der Waals surface area contributed by atoms with E-state index in [1.807, 2.05) is 11.9 Å². The Kier molecular flexibility index (Phi) is 9.08. The molecule has 0 spiro atoms. The first-order chi connectivity index (χ1) is 10.2. The molecule has 0 aliphatic carbocycles. The maximum atomic E-state index is 12.2. The second-order valence-electron chi connectivity index (χ2n) is 5.95. The monoisotopic (exact) mass is 424 g/mol. The molecule has 0 aromatic rings. The third-order valence-corrected chi connectivity index (χ3v) is 4.24. The summed E-state index contributed by atoms with van der Waals surface area (Å²) in [6.07, 6.45) is 4.60. The fourth-order valence-corrected chi connectivity index (χ4v) is 3.00. The zero-order valence-electron chi connectivity index (χ0n) is 13.7. The SMILES string of the molecule is CN=C(NCC(=O)N1CCCCC1)N(C)CC1CCOC1.I. The highest BCUT2D eigenvalue weighted by atomic mass is 127. The quantitative estimate of drug-likeness (QED) is 0.418. The zero-order valence-corrected chi connectivity index (χ0v) is 16.0. The van der Waals surface area contributed by atoms with Crippen LogP contribution in [0, 0.1) is 5.92 Å².